The van der Waals surface area contributed by atoms with Gasteiger partial charge in [0.1, 0.15) is 11.5 Å². The number of nitrogens with zero attached hydrogens (tertiary/aromatic N) is 3. The molecule has 5 rings (SSSR count). The number of hydrogen-bond donors (Lipinski definition) is 2. The SMILES string of the molecule is Cn1nc(-c2ccccc2)c2c(-c3ccc(F)cc3)c(/C=C/[C@@H](O)C[C@@H](O)CC(=O)[O-])c(C3CC3)nc21.[Na+]. The summed E-state index contributed by atoms with van der Waals surface area (Å²) in [6, 6.07) is 16.0. The van der Waals surface area contributed by atoms with E-state index in [4.69, 9.17) is 10.1 Å². The van der Waals surface area contributed by atoms with Crippen LogP contribution in [-0.2, 0) is 11.8 Å². The number of fused-ring (bicyclic) bond motifs is 1. The van der Waals surface area contributed by atoms with Gasteiger partial charge in [0.05, 0.1) is 23.3 Å². The van der Waals surface area contributed by atoms with Crippen molar-refractivity contribution in [3.63, 3.8) is 0 Å². The standard InChI is InChI=1S/C29H28FN3O4.Na/c1-33-29-26(28(32-33)18-5-3-2-4-6-18)25(17-9-11-20(30)12-10-17)23(27(31-29)19-7-8-19)14-13-21(34)15-22(35)16-24(36)37;/h2-6,9-14,19,21-22,34-35H,7-8,15-16H2,1H3,(H,36,37);/q;+1/p-1/b14-13+;/t21-,22-;/m1./s1. The van der Waals surface area contributed by atoms with Crippen LogP contribution in [0.25, 0.3) is 39.5 Å². The smallest absolute Gasteiger partial charge is 0.550 e. The van der Waals surface area contributed by atoms with Gasteiger partial charge in [-0.25, -0.2) is 14.1 Å². The van der Waals surface area contributed by atoms with Crippen molar-refractivity contribution < 1.29 is 54.1 Å². The Kier molecular flexibility index (Phi) is 8.80. The van der Waals surface area contributed by atoms with Gasteiger partial charge in [-0.2, -0.15) is 5.10 Å². The topological polar surface area (TPSA) is 111 Å². The molecule has 0 aliphatic heterocycles. The maximum absolute atomic E-state index is 13.9. The molecule has 2 heterocycles. The van der Waals surface area contributed by atoms with Crippen LogP contribution in [0.2, 0.25) is 0 Å². The zero-order chi connectivity index (χ0) is 26.1. The number of carbonyl (C=O) groups is 1. The van der Waals surface area contributed by atoms with Gasteiger partial charge in [0, 0.05) is 48.5 Å². The molecule has 0 unspecified atom stereocenters. The van der Waals surface area contributed by atoms with Crippen molar-refractivity contribution in [2.24, 2.45) is 7.05 Å². The van der Waals surface area contributed by atoms with Gasteiger partial charge in [-0.3, -0.25) is 0 Å². The van der Waals surface area contributed by atoms with Crippen LogP contribution in [0.15, 0.2) is 60.7 Å². The molecule has 9 heteroatoms. The average Bonchev–Trinajstić information content (AvgIpc) is 3.66. The fraction of sp³-hybridized carbons (Fsp3) is 0.276. The Bertz CT molecular complexity index is 1470. The molecule has 0 spiro atoms. The minimum atomic E-state index is -1.38. The summed E-state index contributed by atoms with van der Waals surface area (Å²) in [6.45, 7) is 0. The van der Waals surface area contributed by atoms with Gasteiger partial charge in [-0.05, 0) is 30.5 Å². The van der Waals surface area contributed by atoms with Gasteiger partial charge in [0.15, 0.2) is 5.65 Å². The number of pyridine rings is 1. The number of carboxylic acid groups (broad SMARTS) is 1. The molecule has 1 aliphatic carbocycles. The van der Waals surface area contributed by atoms with E-state index < -0.39 is 24.6 Å². The average molecular weight is 524 g/mol. The largest absolute Gasteiger partial charge is 1.00 e. The van der Waals surface area contributed by atoms with Gasteiger partial charge in [-0.15, -0.1) is 0 Å². The summed E-state index contributed by atoms with van der Waals surface area (Å²) in [5.74, 6) is -1.47. The second kappa shape index (κ2) is 11.9. The fourth-order valence-corrected chi connectivity index (χ4v) is 4.70. The summed E-state index contributed by atoms with van der Waals surface area (Å²) < 4.78 is 15.7. The molecule has 0 bridgehead atoms. The van der Waals surface area contributed by atoms with E-state index in [1.165, 1.54) is 12.1 Å². The van der Waals surface area contributed by atoms with Crippen molar-refractivity contribution in [3.8, 4) is 22.4 Å². The molecule has 2 aromatic heterocycles. The van der Waals surface area contributed by atoms with Crippen LogP contribution in [-0.4, -0.2) is 43.2 Å². The molecule has 0 radical (unpaired) electrons. The van der Waals surface area contributed by atoms with Crippen LogP contribution in [0.1, 0.15) is 42.9 Å². The Morgan fingerprint density at radius 1 is 1.13 bits per heavy atom. The molecule has 1 aliphatic rings. The number of carboxylic acids is 1. The molecule has 0 amide bonds. The summed E-state index contributed by atoms with van der Waals surface area (Å²) in [6.07, 6.45) is 2.27. The molecule has 190 valence electrons. The van der Waals surface area contributed by atoms with Crippen LogP contribution in [0.4, 0.5) is 4.39 Å². The minimum Gasteiger partial charge on any atom is -0.550 e. The summed E-state index contributed by atoms with van der Waals surface area (Å²) in [7, 11) is 1.85. The number of hydrogen-bond acceptors (Lipinski definition) is 6. The van der Waals surface area contributed by atoms with E-state index in [9.17, 15) is 24.5 Å². The third kappa shape index (κ3) is 6.06. The number of aliphatic carboxylic acids is 1. The number of carbonyl (C=O) groups excluding carboxylic acids is 1. The molecule has 7 nitrogen and oxygen atoms in total. The van der Waals surface area contributed by atoms with E-state index >= 15 is 0 Å². The quantitative estimate of drug-likeness (QED) is 0.311. The van der Waals surface area contributed by atoms with Crippen molar-refractivity contribution in [2.45, 2.75) is 43.8 Å². The van der Waals surface area contributed by atoms with E-state index in [1.54, 1.807) is 29.0 Å². The van der Waals surface area contributed by atoms with Crippen LogP contribution < -0.4 is 34.7 Å². The van der Waals surface area contributed by atoms with Crippen molar-refractivity contribution >= 4 is 23.1 Å². The Morgan fingerprint density at radius 3 is 2.45 bits per heavy atom. The molecule has 2 N–H and O–H groups in total. The third-order valence-electron chi connectivity index (χ3n) is 6.58. The Morgan fingerprint density at radius 2 is 1.82 bits per heavy atom. The van der Waals surface area contributed by atoms with Crippen molar-refractivity contribution in [1.29, 1.82) is 0 Å². The maximum atomic E-state index is 13.9. The van der Waals surface area contributed by atoms with Crippen molar-refractivity contribution in [1.82, 2.24) is 14.8 Å². The Labute approximate surface area is 241 Å². The summed E-state index contributed by atoms with van der Waals surface area (Å²) in [4.78, 5) is 15.8. The molecule has 0 saturated heterocycles. The first kappa shape index (κ1) is 28.1. The number of benzene rings is 2. The van der Waals surface area contributed by atoms with E-state index in [1.807, 2.05) is 37.4 Å². The minimum absolute atomic E-state index is 0. The fourth-order valence-electron chi connectivity index (χ4n) is 4.70. The van der Waals surface area contributed by atoms with E-state index in [0.29, 0.717) is 5.65 Å². The van der Waals surface area contributed by atoms with E-state index in [0.717, 1.165) is 51.9 Å². The van der Waals surface area contributed by atoms with Gasteiger partial charge >= 0.3 is 29.6 Å². The van der Waals surface area contributed by atoms with Gasteiger partial charge in [0.25, 0.3) is 0 Å². The van der Waals surface area contributed by atoms with Crippen LogP contribution in [0.3, 0.4) is 0 Å². The van der Waals surface area contributed by atoms with Gasteiger partial charge in [-0.1, -0.05) is 54.6 Å². The zero-order valence-corrected chi connectivity index (χ0v) is 23.3. The predicted octanol–water partition coefficient (Wildman–Crippen LogP) is 0.588. The summed E-state index contributed by atoms with van der Waals surface area (Å²) >= 11 is 0. The van der Waals surface area contributed by atoms with E-state index in [-0.39, 0.29) is 47.7 Å². The molecule has 4 aromatic rings. The normalized spacial score (nSPS) is 14.9. The van der Waals surface area contributed by atoms with Crippen LogP contribution >= 0.6 is 0 Å². The number of halogens is 1. The number of aryl methyl sites for hydroxylation is 1. The number of aliphatic hydroxyl groups is 2. The molecule has 2 aromatic carbocycles. The van der Waals surface area contributed by atoms with Crippen LogP contribution in [0, 0.1) is 5.82 Å². The third-order valence-corrected chi connectivity index (χ3v) is 6.58. The monoisotopic (exact) mass is 523 g/mol. The second-order valence-corrected chi connectivity index (χ2v) is 9.50. The first-order valence-electron chi connectivity index (χ1n) is 12.3. The van der Waals surface area contributed by atoms with Crippen LogP contribution in [0.5, 0.6) is 0 Å². The Balaban J connectivity index is 0.00000336. The number of rotatable bonds is 9. The molecule has 1 saturated carbocycles. The van der Waals surface area contributed by atoms with Gasteiger partial charge in [0.2, 0.25) is 0 Å². The van der Waals surface area contributed by atoms with E-state index in [2.05, 4.69) is 0 Å². The molecular weight excluding hydrogens is 496 g/mol. The molecule has 1 fully saturated rings. The molecular formula is C29H27FN3NaO4. The zero-order valence-electron chi connectivity index (χ0n) is 21.3. The van der Waals surface area contributed by atoms with Crippen molar-refractivity contribution in [2.75, 3.05) is 0 Å². The first-order chi connectivity index (χ1) is 17.8. The summed E-state index contributed by atoms with van der Waals surface area (Å²) in [5, 5.41) is 36.9. The molecule has 2 atom stereocenters. The molecule has 38 heavy (non-hydrogen) atoms. The number of aliphatic hydroxyl groups excluding tert-OH is 2. The maximum Gasteiger partial charge on any atom is 1.00 e. The number of aromatic nitrogens is 3. The first-order valence-corrected chi connectivity index (χ1v) is 12.3. The van der Waals surface area contributed by atoms with Crippen molar-refractivity contribution in [3.05, 3.63) is 77.7 Å². The second-order valence-electron chi connectivity index (χ2n) is 9.50. The predicted molar refractivity (Wildman–Crippen MR) is 137 cm³/mol. The Hall–Kier alpha value is -2.88. The van der Waals surface area contributed by atoms with Gasteiger partial charge < -0.3 is 20.1 Å². The summed E-state index contributed by atoms with van der Waals surface area (Å²) in [5.41, 5.74) is 5.64.